The fourth-order valence-corrected chi connectivity index (χ4v) is 2.33. The van der Waals surface area contributed by atoms with Crippen LogP contribution in [0.4, 0.5) is 0 Å². The van der Waals surface area contributed by atoms with E-state index < -0.39 is 5.97 Å². The van der Waals surface area contributed by atoms with Crippen molar-refractivity contribution in [2.75, 3.05) is 0 Å². The zero-order chi connectivity index (χ0) is 12.3. The zero-order valence-electron chi connectivity index (χ0n) is 8.76. The highest BCUT2D eigenvalue weighted by Crippen LogP contribution is 2.28. The Bertz CT molecular complexity index is 537. The number of halogens is 1. The van der Waals surface area contributed by atoms with Gasteiger partial charge in [0.25, 0.3) is 0 Å². The number of carbonyl (C=O) groups is 1. The van der Waals surface area contributed by atoms with Gasteiger partial charge in [0.1, 0.15) is 0 Å². The van der Waals surface area contributed by atoms with Crippen LogP contribution < -0.4 is 0 Å². The molecular formula is C13H9ClO2S. The number of benzene rings is 2. The van der Waals surface area contributed by atoms with Crippen molar-refractivity contribution >= 4 is 29.3 Å². The quantitative estimate of drug-likeness (QED) is 0.903. The van der Waals surface area contributed by atoms with Crippen molar-refractivity contribution in [3.63, 3.8) is 0 Å². The van der Waals surface area contributed by atoms with Gasteiger partial charge in [0.2, 0.25) is 0 Å². The molecule has 0 atom stereocenters. The number of rotatable bonds is 3. The van der Waals surface area contributed by atoms with E-state index in [4.69, 9.17) is 16.7 Å². The smallest absolute Gasteiger partial charge is 0.335 e. The number of aromatic carboxylic acids is 1. The topological polar surface area (TPSA) is 37.3 Å². The second-order valence-electron chi connectivity index (χ2n) is 3.39. The first-order valence-corrected chi connectivity index (χ1v) is 6.11. The number of carboxylic acids is 1. The normalized spacial score (nSPS) is 10.2. The van der Waals surface area contributed by atoms with Gasteiger partial charge in [-0.3, -0.25) is 0 Å². The van der Waals surface area contributed by atoms with Gasteiger partial charge in [0.05, 0.1) is 5.56 Å². The van der Waals surface area contributed by atoms with Crippen LogP contribution in [-0.4, -0.2) is 11.1 Å². The largest absolute Gasteiger partial charge is 0.478 e. The first kappa shape index (κ1) is 12.0. The lowest BCUT2D eigenvalue weighted by Gasteiger charge is -2.02. The Hall–Kier alpha value is -1.45. The van der Waals surface area contributed by atoms with E-state index >= 15 is 0 Å². The van der Waals surface area contributed by atoms with Crippen molar-refractivity contribution in [2.24, 2.45) is 0 Å². The molecule has 0 spiro atoms. The van der Waals surface area contributed by atoms with E-state index in [1.165, 1.54) is 11.8 Å². The predicted molar refractivity (Wildman–Crippen MR) is 69.0 cm³/mol. The summed E-state index contributed by atoms with van der Waals surface area (Å²) >= 11 is 7.30. The maximum Gasteiger partial charge on any atom is 0.335 e. The van der Waals surface area contributed by atoms with Crippen molar-refractivity contribution in [3.05, 3.63) is 59.1 Å². The predicted octanol–water partition coefficient (Wildman–Crippen LogP) is 4.19. The van der Waals surface area contributed by atoms with Gasteiger partial charge in [-0.2, -0.15) is 0 Å². The Kier molecular flexibility index (Phi) is 3.71. The molecule has 4 heteroatoms. The summed E-state index contributed by atoms with van der Waals surface area (Å²) in [7, 11) is 0. The fourth-order valence-electron chi connectivity index (χ4n) is 1.33. The van der Waals surface area contributed by atoms with Crippen LogP contribution in [0.5, 0.6) is 0 Å². The second-order valence-corrected chi connectivity index (χ2v) is 4.97. The summed E-state index contributed by atoms with van der Waals surface area (Å²) in [4.78, 5) is 12.7. The van der Waals surface area contributed by atoms with E-state index in [1.807, 2.05) is 30.3 Å². The van der Waals surface area contributed by atoms with Crippen molar-refractivity contribution in [3.8, 4) is 0 Å². The molecule has 0 bridgehead atoms. The molecule has 0 fully saturated rings. The number of hydrogen-bond acceptors (Lipinski definition) is 2. The van der Waals surface area contributed by atoms with Crippen LogP contribution in [-0.2, 0) is 0 Å². The van der Waals surface area contributed by atoms with Crippen LogP contribution in [0.25, 0.3) is 0 Å². The van der Waals surface area contributed by atoms with Gasteiger partial charge < -0.3 is 5.11 Å². The Morgan fingerprint density at radius 1 is 1.06 bits per heavy atom. The summed E-state index contributed by atoms with van der Waals surface area (Å²) in [5.41, 5.74) is 0.295. The second kappa shape index (κ2) is 5.25. The highest BCUT2D eigenvalue weighted by atomic mass is 35.5. The Labute approximate surface area is 108 Å². The van der Waals surface area contributed by atoms with Crippen LogP contribution in [0.15, 0.2) is 58.3 Å². The van der Waals surface area contributed by atoms with Crippen molar-refractivity contribution in [1.29, 1.82) is 0 Å². The molecule has 2 aromatic carbocycles. The average molecular weight is 265 g/mol. The van der Waals surface area contributed by atoms with Gasteiger partial charge in [-0.25, -0.2) is 4.79 Å². The Balaban J connectivity index is 2.21. The van der Waals surface area contributed by atoms with Crippen LogP contribution in [0.2, 0.25) is 5.02 Å². The molecule has 0 aliphatic rings. The highest BCUT2D eigenvalue weighted by molar-refractivity contribution is 7.99. The lowest BCUT2D eigenvalue weighted by Crippen LogP contribution is -1.95. The maximum absolute atomic E-state index is 10.8. The molecule has 0 amide bonds. The van der Waals surface area contributed by atoms with Crippen LogP contribution in [0.1, 0.15) is 10.4 Å². The molecule has 1 N–H and O–H groups in total. The van der Waals surface area contributed by atoms with Gasteiger partial charge in [0.15, 0.2) is 0 Å². The first-order valence-electron chi connectivity index (χ1n) is 4.92. The van der Waals surface area contributed by atoms with E-state index in [0.717, 1.165) is 9.79 Å². The standard InChI is InChI=1S/C13H9ClO2S/c14-10-4-6-11(7-5-10)17-12-3-1-2-9(8-12)13(15)16/h1-8H,(H,15,16). The van der Waals surface area contributed by atoms with Gasteiger partial charge in [0, 0.05) is 14.8 Å². The Morgan fingerprint density at radius 3 is 2.41 bits per heavy atom. The van der Waals surface area contributed by atoms with Crippen molar-refractivity contribution in [1.82, 2.24) is 0 Å². The third-order valence-electron chi connectivity index (χ3n) is 2.13. The highest BCUT2D eigenvalue weighted by Gasteiger charge is 2.04. The maximum atomic E-state index is 10.8. The molecule has 0 aliphatic carbocycles. The Morgan fingerprint density at radius 2 is 1.76 bits per heavy atom. The first-order chi connectivity index (χ1) is 8.15. The summed E-state index contributed by atoms with van der Waals surface area (Å²) in [6.07, 6.45) is 0. The summed E-state index contributed by atoms with van der Waals surface area (Å²) in [6.45, 7) is 0. The lowest BCUT2D eigenvalue weighted by atomic mass is 10.2. The summed E-state index contributed by atoms with van der Waals surface area (Å²) in [5, 5.41) is 9.57. The third-order valence-corrected chi connectivity index (χ3v) is 3.38. The lowest BCUT2D eigenvalue weighted by molar-refractivity contribution is 0.0696. The molecule has 2 aromatic rings. The van der Waals surface area contributed by atoms with Crippen LogP contribution in [0, 0.1) is 0 Å². The third kappa shape index (κ3) is 3.25. The summed E-state index contributed by atoms with van der Waals surface area (Å²) in [6, 6.07) is 14.3. The molecular weight excluding hydrogens is 256 g/mol. The molecule has 0 saturated heterocycles. The molecule has 17 heavy (non-hydrogen) atoms. The molecule has 0 saturated carbocycles. The number of hydrogen-bond donors (Lipinski definition) is 1. The number of carboxylic acid groups (broad SMARTS) is 1. The van der Waals surface area contributed by atoms with E-state index in [1.54, 1.807) is 18.2 Å². The minimum atomic E-state index is -0.913. The molecule has 0 heterocycles. The molecule has 0 aromatic heterocycles. The van der Waals surface area contributed by atoms with Crippen molar-refractivity contribution < 1.29 is 9.90 Å². The molecule has 2 rings (SSSR count). The molecule has 0 radical (unpaired) electrons. The minimum absolute atomic E-state index is 0.295. The monoisotopic (exact) mass is 264 g/mol. The van der Waals surface area contributed by atoms with Gasteiger partial charge in [-0.1, -0.05) is 29.4 Å². The summed E-state index contributed by atoms with van der Waals surface area (Å²) < 4.78 is 0. The molecule has 0 aliphatic heterocycles. The zero-order valence-corrected chi connectivity index (χ0v) is 10.3. The van der Waals surface area contributed by atoms with E-state index in [2.05, 4.69) is 0 Å². The van der Waals surface area contributed by atoms with Gasteiger partial charge >= 0.3 is 5.97 Å². The van der Waals surface area contributed by atoms with Crippen LogP contribution >= 0.6 is 23.4 Å². The van der Waals surface area contributed by atoms with Gasteiger partial charge in [-0.05, 0) is 42.5 Å². The molecule has 86 valence electrons. The van der Waals surface area contributed by atoms with E-state index in [-0.39, 0.29) is 0 Å². The van der Waals surface area contributed by atoms with Gasteiger partial charge in [-0.15, -0.1) is 0 Å². The van der Waals surface area contributed by atoms with Crippen molar-refractivity contribution in [2.45, 2.75) is 9.79 Å². The summed E-state index contributed by atoms with van der Waals surface area (Å²) in [5.74, 6) is -0.913. The molecule has 0 unspecified atom stereocenters. The van der Waals surface area contributed by atoms with Crippen LogP contribution in [0.3, 0.4) is 0 Å². The minimum Gasteiger partial charge on any atom is -0.478 e. The van der Waals surface area contributed by atoms with E-state index in [9.17, 15) is 4.79 Å². The molecule has 2 nitrogen and oxygen atoms in total. The van der Waals surface area contributed by atoms with E-state index in [0.29, 0.717) is 10.6 Å². The average Bonchev–Trinajstić information content (AvgIpc) is 2.32. The fraction of sp³-hybridized carbons (Fsp3) is 0. The SMILES string of the molecule is O=C(O)c1cccc(Sc2ccc(Cl)cc2)c1.